The number of aromatic nitrogens is 1. The van der Waals surface area contributed by atoms with Crippen LogP contribution < -0.4 is 5.73 Å². The van der Waals surface area contributed by atoms with E-state index in [0.717, 1.165) is 18.8 Å². The van der Waals surface area contributed by atoms with Crippen LogP contribution in [-0.2, 0) is 0 Å². The van der Waals surface area contributed by atoms with Crippen molar-refractivity contribution >= 4 is 11.7 Å². The van der Waals surface area contributed by atoms with Crippen LogP contribution in [0, 0.1) is 5.92 Å². The predicted octanol–water partition coefficient (Wildman–Crippen LogP) is 1.81. The fourth-order valence-corrected chi connectivity index (χ4v) is 2.96. The van der Waals surface area contributed by atoms with Crippen molar-refractivity contribution in [2.45, 2.75) is 32.7 Å². The topological polar surface area (TPSA) is 62.5 Å². The van der Waals surface area contributed by atoms with Crippen LogP contribution in [0.4, 0.5) is 5.82 Å². The summed E-state index contributed by atoms with van der Waals surface area (Å²) in [5, 5.41) is 0. The summed E-state index contributed by atoms with van der Waals surface area (Å²) in [7, 11) is 4.13. The first-order valence-electron chi connectivity index (χ1n) is 7.52. The monoisotopic (exact) mass is 290 g/mol. The van der Waals surface area contributed by atoms with Crippen molar-refractivity contribution in [3.63, 3.8) is 0 Å². The molecule has 0 aliphatic carbocycles. The molecule has 2 unspecified atom stereocenters. The number of hydrogen-bond acceptors (Lipinski definition) is 4. The molecule has 2 N–H and O–H groups in total. The van der Waals surface area contributed by atoms with Crippen molar-refractivity contribution in [2.75, 3.05) is 32.9 Å². The summed E-state index contributed by atoms with van der Waals surface area (Å²) < 4.78 is 0. The Morgan fingerprint density at radius 2 is 2.05 bits per heavy atom. The van der Waals surface area contributed by atoms with Gasteiger partial charge in [-0.3, -0.25) is 4.79 Å². The van der Waals surface area contributed by atoms with E-state index in [-0.39, 0.29) is 11.8 Å². The van der Waals surface area contributed by atoms with Crippen LogP contribution in [0.15, 0.2) is 12.1 Å². The maximum absolute atomic E-state index is 12.7. The molecule has 2 rings (SSSR count). The molecule has 0 radical (unpaired) electrons. The molecule has 116 valence electrons. The van der Waals surface area contributed by atoms with E-state index in [2.05, 4.69) is 44.8 Å². The van der Waals surface area contributed by atoms with Crippen molar-refractivity contribution < 1.29 is 4.79 Å². The Hall–Kier alpha value is -1.62. The van der Waals surface area contributed by atoms with Crippen LogP contribution in [0.3, 0.4) is 0 Å². The lowest BCUT2D eigenvalue weighted by Crippen LogP contribution is -2.35. The van der Waals surface area contributed by atoms with E-state index >= 15 is 0 Å². The number of nitrogens with zero attached hydrogens (tertiary/aromatic N) is 3. The normalized spacial score (nSPS) is 22.3. The van der Waals surface area contributed by atoms with E-state index in [9.17, 15) is 4.79 Å². The molecule has 1 aliphatic rings. The second-order valence-corrected chi connectivity index (χ2v) is 6.58. The van der Waals surface area contributed by atoms with Crippen molar-refractivity contribution in [1.82, 2.24) is 14.8 Å². The second kappa shape index (κ2) is 6.02. The SMILES string of the molecule is CC(C)c1cc(C(=O)N2CC(C)C(N(C)C)C2)cc(N)n1. The number of pyridine rings is 1. The van der Waals surface area contributed by atoms with Gasteiger partial charge in [-0.2, -0.15) is 0 Å². The summed E-state index contributed by atoms with van der Waals surface area (Å²) in [6, 6.07) is 3.97. The zero-order valence-corrected chi connectivity index (χ0v) is 13.6. The molecule has 0 saturated carbocycles. The first-order valence-corrected chi connectivity index (χ1v) is 7.52. The fourth-order valence-electron chi connectivity index (χ4n) is 2.96. The minimum atomic E-state index is 0.0576. The van der Waals surface area contributed by atoms with E-state index in [1.54, 1.807) is 6.07 Å². The Balaban J connectivity index is 2.21. The van der Waals surface area contributed by atoms with Crippen molar-refractivity contribution in [1.29, 1.82) is 0 Å². The first kappa shape index (κ1) is 15.8. The lowest BCUT2D eigenvalue weighted by atomic mass is 10.1. The zero-order chi connectivity index (χ0) is 15.7. The second-order valence-electron chi connectivity index (χ2n) is 6.58. The van der Waals surface area contributed by atoms with Crippen LogP contribution in [0.25, 0.3) is 0 Å². The molecule has 1 saturated heterocycles. The van der Waals surface area contributed by atoms with E-state index in [1.165, 1.54) is 0 Å². The quantitative estimate of drug-likeness (QED) is 0.922. The summed E-state index contributed by atoms with van der Waals surface area (Å²) in [6.07, 6.45) is 0. The van der Waals surface area contributed by atoms with E-state index in [0.29, 0.717) is 23.3 Å². The number of nitrogen functional groups attached to an aromatic ring is 1. The number of nitrogens with two attached hydrogens (primary N) is 1. The summed E-state index contributed by atoms with van der Waals surface area (Å²) in [5.74, 6) is 1.21. The highest BCUT2D eigenvalue weighted by molar-refractivity contribution is 5.95. The molecule has 21 heavy (non-hydrogen) atoms. The number of rotatable bonds is 3. The third kappa shape index (κ3) is 3.35. The Bertz CT molecular complexity index is 527. The summed E-state index contributed by atoms with van der Waals surface area (Å²) in [5.41, 5.74) is 7.37. The standard InChI is InChI=1S/C16H26N4O/c1-10(2)13-6-12(7-15(17)18-13)16(21)20-8-11(3)14(9-20)19(4)5/h6-7,10-11,14H,8-9H2,1-5H3,(H2,17,18). The van der Waals surface area contributed by atoms with Gasteiger partial charge < -0.3 is 15.5 Å². The third-order valence-electron chi connectivity index (χ3n) is 4.23. The van der Waals surface area contributed by atoms with Gasteiger partial charge in [0.05, 0.1) is 0 Å². The number of hydrogen-bond donors (Lipinski definition) is 1. The average molecular weight is 290 g/mol. The Morgan fingerprint density at radius 1 is 1.38 bits per heavy atom. The van der Waals surface area contributed by atoms with Crippen LogP contribution >= 0.6 is 0 Å². The van der Waals surface area contributed by atoms with E-state index in [1.807, 2.05) is 11.0 Å². The molecule has 1 aromatic heterocycles. The molecule has 1 amide bonds. The number of carbonyl (C=O) groups is 1. The summed E-state index contributed by atoms with van der Waals surface area (Å²) >= 11 is 0. The highest BCUT2D eigenvalue weighted by Crippen LogP contribution is 2.23. The van der Waals surface area contributed by atoms with Gasteiger partial charge in [0, 0.05) is 30.4 Å². The highest BCUT2D eigenvalue weighted by atomic mass is 16.2. The molecule has 0 bridgehead atoms. The maximum Gasteiger partial charge on any atom is 0.254 e. The van der Waals surface area contributed by atoms with Crippen LogP contribution in [0.2, 0.25) is 0 Å². The van der Waals surface area contributed by atoms with E-state index in [4.69, 9.17) is 5.73 Å². The molecule has 2 atom stereocenters. The molecule has 1 aromatic rings. The van der Waals surface area contributed by atoms with Gasteiger partial charge in [-0.1, -0.05) is 20.8 Å². The number of amides is 1. The molecule has 0 aromatic carbocycles. The van der Waals surface area contributed by atoms with Crippen molar-refractivity contribution in [2.24, 2.45) is 5.92 Å². The van der Waals surface area contributed by atoms with Gasteiger partial charge in [-0.15, -0.1) is 0 Å². The fraction of sp³-hybridized carbons (Fsp3) is 0.625. The molecular formula is C16H26N4O. The Labute approximate surface area is 127 Å². The molecule has 5 nitrogen and oxygen atoms in total. The molecular weight excluding hydrogens is 264 g/mol. The molecule has 1 fully saturated rings. The van der Waals surface area contributed by atoms with Crippen LogP contribution in [0.1, 0.15) is 42.7 Å². The van der Waals surface area contributed by atoms with Gasteiger partial charge in [-0.25, -0.2) is 4.98 Å². The van der Waals surface area contributed by atoms with Crippen LogP contribution in [0.5, 0.6) is 0 Å². The highest BCUT2D eigenvalue weighted by Gasteiger charge is 2.34. The van der Waals surface area contributed by atoms with Gasteiger partial charge >= 0.3 is 0 Å². The van der Waals surface area contributed by atoms with Crippen molar-refractivity contribution in [3.8, 4) is 0 Å². The number of likely N-dealkylation sites (N-methyl/N-ethyl adjacent to an activating group) is 1. The van der Waals surface area contributed by atoms with Gasteiger partial charge in [-0.05, 0) is 38.1 Å². The Kier molecular flexibility index (Phi) is 4.52. The largest absolute Gasteiger partial charge is 0.384 e. The van der Waals surface area contributed by atoms with Crippen molar-refractivity contribution in [3.05, 3.63) is 23.4 Å². The number of likely N-dealkylation sites (tertiary alicyclic amines) is 1. The first-order chi connectivity index (χ1) is 9.79. The zero-order valence-electron chi connectivity index (χ0n) is 13.6. The Morgan fingerprint density at radius 3 is 2.57 bits per heavy atom. The predicted molar refractivity (Wildman–Crippen MR) is 85.3 cm³/mol. The minimum absolute atomic E-state index is 0.0576. The third-order valence-corrected chi connectivity index (χ3v) is 4.23. The van der Waals surface area contributed by atoms with Gasteiger partial charge in [0.2, 0.25) is 0 Å². The number of anilines is 1. The summed E-state index contributed by atoms with van der Waals surface area (Å²) in [6.45, 7) is 7.86. The lowest BCUT2D eigenvalue weighted by molar-refractivity contribution is 0.0781. The van der Waals surface area contributed by atoms with E-state index < -0.39 is 0 Å². The summed E-state index contributed by atoms with van der Waals surface area (Å²) in [4.78, 5) is 21.1. The van der Waals surface area contributed by atoms with Gasteiger partial charge in [0.1, 0.15) is 5.82 Å². The van der Waals surface area contributed by atoms with Crippen LogP contribution in [-0.4, -0.2) is 53.9 Å². The lowest BCUT2D eigenvalue weighted by Gasteiger charge is -2.22. The average Bonchev–Trinajstić information content (AvgIpc) is 2.79. The molecule has 5 heteroatoms. The molecule has 0 spiro atoms. The maximum atomic E-state index is 12.7. The number of carbonyl (C=O) groups excluding carboxylic acids is 1. The smallest absolute Gasteiger partial charge is 0.254 e. The molecule has 2 heterocycles. The van der Waals surface area contributed by atoms with Gasteiger partial charge in [0.15, 0.2) is 0 Å². The minimum Gasteiger partial charge on any atom is -0.384 e. The van der Waals surface area contributed by atoms with Gasteiger partial charge in [0.25, 0.3) is 5.91 Å². The molecule has 1 aliphatic heterocycles.